The first kappa shape index (κ1) is 25.3. The number of hydrogen-bond donors (Lipinski definition) is 3. The number of para-hydroxylation sites is 2. The summed E-state index contributed by atoms with van der Waals surface area (Å²) in [6.45, 7) is 0.395. The maximum absolute atomic E-state index is 12.5. The molecule has 9 nitrogen and oxygen atoms in total. The number of anilines is 1. The lowest BCUT2D eigenvalue weighted by atomic mass is 10.3. The molecule has 0 saturated heterocycles. The van der Waals surface area contributed by atoms with Crippen molar-refractivity contribution in [3.8, 4) is 17.2 Å². The smallest absolute Gasteiger partial charge is 0.319 e. The Balaban J connectivity index is 1.32. The zero-order chi connectivity index (χ0) is 25.5. The Morgan fingerprint density at radius 1 is 0.861 bits per heavy atom. The Bertz CT molecular complexity index is 1380. The number of nitrogens with one attached hydrogen (secondary N) is 3. The minimum Gasteiger partial charge on any atom is -0.454 e. The van der Waals surface area contributed by atoms with E-state index in [4.69, 9.17) is 39.5 Å². The largest absolute Gasteiger partial charge is 0.454 e. The van der Waals surface area contributed by atoms with Crippen LogP contribution >= 0.6 is 34.8 Å². The first-order valence-corrected chi connectivity index (χ1v) is 11.8. The van der Waals surface area contributed by atoms with Crippen molar-refractivity contribution in [1.82, 2.24) is 25.6 Å². The molecular weight excluding hydrogens is 527 g/mol. The number of ether oxygens (including phenoxy) is 1. The van der Waals surface area contributed by atoms with Gasteiger partial charge in [-0.1, -0.05) is 52.1 Å². The summed E-state index contributed by atoms with van der Waals surface area (Å²) >= 11 is 18.0. The molecule has 12 heteroatoms. The normalized spacial score (nSPS) is 10.5. The monoisotopic (exact) mass is 544 g/mol. The lowest BCUT2D eigenvalue weighted by Crippen LogP contribution is -2.36. The van der Waals surface area contributed by atoms with Crippen LogP contribution in [0.1, 0.15) is 10.5 Å². The first-order chi connectivity index (χ1) is 17.4. The Labute approximate surface area is 221 Å². The maximum Gasteiger partial charge on any atom is 0.319 e. The summed E-state index contributed by atoms with van der Waals surface area (Å²) in [5.74, 6) is 0.425. The maximum atomic E-state index is 12.5. The third kappa shape index (κ3) is 6.66. The third-order valence-electron chi connectivity index (χ3n) is 4.75. The van der Waals surface area contributed by atoms with Crippen molar-refractivity contribution in [1.29, 1.82) is 0 Å². The molecule has 0 fully saturated rings. The van der Waals surface area contributed by atoms with Gasteiger partial charge in [0.2, 0.25) is 0 Å². The standard InChI is InChI=1S/C24H19Cl3N6O3/c25-15-5-8-17(9-6-15)30-24(35)29-12-11-28-23(34)19-14-33(32-31-19)20-3-1-2-4-22(20)36-21-10-7-16(26)13-18(21)27/h1-10,13-14H,11-12H2,(H,28,34)(H2,29,30,35). The molecule has 3 aromatic carbocycles. The van der Waals surface area contributed by atoms with Gasteiger partial charge in [0.25, 0.3) is 5.91 Å². The van der Waals surface area contributed by atoms with Gasteiger partial charge >= 0.3 is 6.03 Å². The van der Waals surface area contributed by atoms with E-state index in [1.165, 1.54) is 10.9 Å². The summed E-state index contributed by atoms with van der Waals surface area (Å²) in [5, 5.41) is 17.4. The molecule has 3 N–H and O–H groups in total. The Hall–Kier alpha value is -3.79. The number of rotatable bonds is 8. The van der Waals surface area contributed by atoms with E-state index in [2.05, 4.69) is 26.3 Å². The molecule has 0 atom stereocenters. The van der Waals surface area contributed by atoms with Crippen LogP contribution in [0.5, 0.6) is 11.5 Å². The topological polar surface area (TPSA) is 110 Å². The lowest BCUT2D eigenvalue weighted by Gasteiger charge is -2.11. The molecule has 1 heterocycles. The number of nitrogens with zero attached hydrogens (tertiary/aromatic N) is 3. The molecule has 0 aliphatic heterocycles. The summed E-state index contributed by atoms with van der Waals surface area (Å²) in [7, 11) is 0. The highest BCUT2D eigenvalue weighted by Gasteiger charge is 2.15. The van der Waals surface area contributed by atoms with Crippen LogP contribution < -0.4 is 20.7 Å². The van der Waals surface area contributed by atoms with Gasteiger partial charge in [0, 0.05) is 28.8 Å². The van der Waals surface area contributed by atoms with E-state index in [1.54, 1.807) is 66.7 Å². The van der Waals surface area contributed by atoms with Crippen LogP contribution in [0.2, 0.25) is 15.1 Å². The number of amides is 3. The molecule has 0 unspecified atom stereocenters. The number of carbonyl (C=O) groups excluding carboxylic acids is 2. The molecule has 0 radical (unpaired) electrons. The predicted octanol–water partition coefficient (Wildman–Crippen LogP) is 5.57. The number of urea groups is 1. The minimum atomic E-state index is -0.444. The van der Waals surface area contributed by atoms with Crippen molar-refractivity contribution in [2.45, 2.75) is 0 Å². The highest BCUT2D eigenvalue weighted by atomic mass is 35.5. The van der Waals surface area contributed by atoms with Crippen molar-refractivity contribution in [3.63, 3.8) is 0 Å². The van der Waals surface area contributed by atoms with Crippen LogP contribution in [0.4, 0.5) is 10.5 Å². The van der Waals surface area contributed by atoms with Crippen molar-refractivity contribution in [3.05, 3.63) is 93.7 Å². The molecule has 4 rings (SSSR count). The van der Waals surface area contributed by atoms with E-state index < -0.39 is 11.9 Å². The summed E-state index contributed by atoms with van der Waals surface area (Å²) in [6.07, 6.45) is 1.47. The molecule has 4 aromatic rings. The molecule has 0 aliphatic rings. The number of benzene rings is 3. The SMILES string of the molecule is O=C(NCCNC(=O)c1cn(-c2ccccc2Oc2ccc(Cl)cc2Cl)nn1)Nc1ccc(Cl)cc1. The summed E-state index contributed by atoms with van der Waals surface area (Å²) in [4.78, 5) is 24.4. The third-order valence-corrected chi connectivity index (χ3v) is 5.53. The predicted molar refractivity (Wildman–Crippen MR) is 139 cm³/mol. The number of aromatic nitrogens is 3. The molecule has 0 aliphatic carbocycles. The second-order valence-corrected chi connectivity index (χ2v) is 8.62. The fourth-order valence-electron chi connectivity index (χ4n) is 3.05. The Kier molecular flexibility index (Phi) is 8.27. The highest BCUT2D eigenvalue weighted by Crippen LogP contribution is 2.34. The fourth-order valence-corrected chi connectivity index (χ4v) is 3.62. The van der Waals surface area contributed by atoms with Crippen LogP contribution in [0, 0.1) is 0 Å². The second kappa shape index (κ2) is 11.8. The second-order valence-electron chi connectivity index (χ2n) is 7.34. The van der Waals surface area contributed by atoms with E-state index >= 15 is 0 Å². The van der Waals surface area contributed by atoms with Crippen LogP contribution in [0.3, 0.4) is 0 Å². The van der Waals surface area contributed by atoms with E-state index in [0.29, 0.717) is 37.9 Å². The van der Waals surface area contributed by atoms with Gasteiger partial charge in [-0.3, -0.25) is 4.79 Å². The molecule has 3 amide bonds. The number of hydrogen-bond acceptors (Lipinski definition) is 5. The first-order valence-electron chi connectivity index (χ1n) is 10.6. The van der Waals surface area contributed by atoms with E-state index in [1.807, 2.05) is 0 Å². The van der Waals surface area contributed by atoms with Crippen molar-refractivity contribution in [2.24, 2.45) is 0 Å². The lowest BCUT2D eigenvalue weighted by molar-refractivity contribution is 0.0949. The van der Waals surface area contributed by atoms with E-state index in [-0.39, 0.29) is 18.8 Å². The molecule has 184 valence electrons. The molecule has 0 saturated carbocycles. The van der Waals surface area contributed by atoms with Gasteiger partial charge in [-0.05, 0) is 54.6 Å². The van der Waals surface area contributed by atoms with Crippen molar-refractivity contribution in [2.75, 3.05) is 18.4 Å². The molecule has 36 heavy (non-hydrogen) atoms. The van der Waals surface area contributed by atoms with Gasteiger partial charge in [-0.2, -0.15) is 0 Å². The summed E-state index contributed by atoms with van der Waals surface area (Å²) in [6, 6.07) is 18.3. The van der Waals surface area contributed by atoms with Crippen LogP contribution in [-0.4, -0.2) is 40.0 Å². The van der Waals surface area contributed by atoms with Crippen molar-refractivity contribution < 1.29 is 14.3 Å². The molecule has 0 spiro atoms. The average molecular weight is 546 g/mol. The minimum absolute atomic E-state index is 0.0972. The van der Waals surface area contributed by atoms with Gasteiger partial charge in [0.05, 0.1) is 11.2 Å². The van der Waals surface area contributed by atoms with E-state index in [0.717, 1.165) is 0 Å². The van der Waals surface area contributed by atoms with Gasteiger partial charge in [-0.25, -0.2) is 9.48 Å². The highest BCUT2D eigenvalue weighted by molar-refractivity contribution is 6.35. The molecule has 1 aromatic heterocycles. The van der Waals surface area contributed by atoms with Gasteiger partial charge in [0.1, 0.15) is 11.4 Å². The Morgan fingerprint density at radius 3 is 2.36 bits per heavy atom. The van der Waals surface area contributed by atoms with Gasteiger partial charge in [-0.15, -0.1) is 5.10 Å². The zero-order valence-corrected chi connectivity index (χ0v) is 20.8. The van der Waals surface area contributed by atoms with Gasteiger partial charge in [0.15, 0.2) is 11.4 Å². The molecular formula is C24H19Cl3N6O3. The van der Waals surface area contributed by atoms with Crippen molar-refractivity contribution >= 4 is 52.4 Å². The fraction of sp³-hybridized carbons (Fsp3) is 0.0833. The zero-order valence-electron chi connectivity index (χ0n) is 18.5. The quantitative estimate of drug-likeness (QED) is 0.251. The van der Waals surface area contributed by atoms with Gasteiger partial charge < -0.3 is 20.7 Å². The van der Waals surface area contributed by atoms with Crippen LogP contribution in [0.25, 0.3) is 5.69 Å². The number of carbonyl (C=O) groups is 2. The Morgan fingerprint density at radius 2 is 1.58 bits per heavy atom. The van der Waals surface area contributed by atoms with E-state index in [9.17, 15) is 9.59 Å². The van der Waals surface area contributed by atoms with Crippen LogP contribution in [-0.2, 0) is 0 Å². The summed E-state index contributed by atoms with van der Waals surface area (Å²) < 4.78 is 7.36. The average Bonchev–Trinajstić information content (AvgIpc) is 3.35. The molecule has 0 bridgehead atoms. The summed E-state index contributed by atoms with van der Waals surface area (Å²) in [5.41, 5.74) is 1.25. The van der Waals surface area contributed by atoms with Crippen LogP contribution in [0.15, 0.2) is 72.9 Å². The number of halogens is 3.